The molecule has 100 valence electrons. The molecule has 5 nitrogen and oxygen atoms in total. The normalized spacial score (nSPS) is 13.1. The molecule has 0 saturated carbocycles. The molecule has 0 heterocycles. The Labute approximate surface area is 111 Å². The van der Waals surface area contributed by atoms with Crippen LogP contribution in [0.1, 0.15) is 6.92 Å². The summed E-state index contributed by atoms with van der Waals surface area (Å²) in [6.45, 7) is 1.72. The number of hydrogen-bond donors (Lipinski definition) is 1. The van der Waals surface area contributed by atoms with Crippen molar-refractivity contribution in [2.45, 2.75) is 16.7 Å². The molecule has 1 aromatic rings. The number of methoxy groups -OCH3 is 1. The van der Waals surface area contributed by atoms with Crippen LogP contribution in [-0.4, -0.2) is 27.2 Å². The first-order chi connectivity index (χ1) is 8.36. The van der Waals surface area contributed by atoms with Gasteiger partial charge in [-0.05, 0) is 12.1 Å². The van der Waals surface area contributed by atoms with Gasteiger partial charge in [-0.25, -0.2) is 13.6 Å². The predicted octanol–water partition coefficient (Wildman–Crippen LogP) is 1.24. The van der Waals surface area contributed by atoms with Crippen molar-refractivity contribution in [3.05, 3.63) is 24.3 Å². The van der Waals surface area contributed by atoms with Crippen LogP contribution < -0.4 is 5.14 Å². The third kappa shape index (κ3) is 4.01. The van der Waals surface area contributed by atoms with Crippen LogP contribution in [-0.2, 0) is 19.6 Å². The molecular weight excluding hydrogens is 274 g/mol. The molecule has 0 radical (unpaired) electrons. The highest BCUT2D eigenvalue weighted by atomic mass is 32.2. The summed E-state index contributed by atoms with van der Waals surface area (Å²) in [6.07, 6.45) is 0. The maximum absolute atomic E-state index is 11.4. The molecule has 0 saturated heterocycles. The number of ether oxygens (including phenoxy) is 1. The summed E-state index contributed by atoms with van der Waals surface area (Å²) in [6, 6.07) is 6.43. The highest BCUT2D eigenvalue weighted by Crippen LogP contribution is 2.27. The first-order valence-electron chi connectivity index (χ1n) is 5.18. The fourth-order valence-corrected chi connectivity index (χ4v) is 3.38. The van der Waals surface area contributed by atoms with Gasteiger partial charge in [0.2, 0.25) is 10.0 Å². The molecule has 0 amide bonds. The van der Waals surface area contributed by atoms with Gasteiger partial charge in [-0.3, -0.25) is 4.79 Å². The number of benzene rings is 1. The fraction of sp³-hybridized carbons (Fsp3) is 0.364. The van der Waals surface area contributed by atoms with Gasteiger partial charge < -0.3 is 4.74 Å². The van der Waals surface area contributed by atoms with Gasteiger partial charge >= 0.3 is 5.97 Å². The van der Waals surface area contributed by atoms with Crippen LogP contribution in [0.4, 0.5) is 0 Å². The number of carbonyl (C=O) groups excluding carboxylic acids is 1. The van der Waals surface area contributed by atoms with E-state index in [4.69, 9.17) is 5.14 Å². The van der Waals surface area contributed by atoms with E-state index < -0.39 is 10.0 Å². The quantitative estimate of drug-likeness (QED) is 0.651. The highest BCUT2D eigenvalue weighted by molar-refractivity contribution is 8.00. The third-order valence-corrected chi connectivity index (χ3v) is 4.68. The average Bonchev–Trinajstić information content (AvgIpc) is 2.34. The Kier molecular flexibility index (Phi) is 5.18. The maximum Gasteiger partial charge on any atom is 0.309 e. The van der Waals surface area contributed by atoms with E-state index >= 15 is 0 Å². The molecule has 0 bridgehead atoms. The molecule has 0 aliphatic carbocycles. The van der Waals surface area contributed by atoms with Crippen molar-refractivity contribution in [3.63, 3.8) is 0 Å². The van der Waals surface area contributed by atoms with E-state index in [0.717, 1.165) is 0 Å². The van der Waals surface area contributed by atoms with Crippen molar-refractivity contribution in [1.29, 1.82) is 0 Å². The summed E-state index contributed by atoms with van der Waals surface area (Å²) in [5, 5.41) is 5.12. The molecular formula is C11H15NO4S2. The molecule has 2 N–H and O–H groups in total. The Balaban J connectivity index is 2.83. The predicted molar refractivity (Wildman–Crippen MR) is 69.7 cm³/mol. The van der Waals surface area contributed by atoms with Gasteiger partial charge in [0.1, 0.15) is 0 Å². The summed E-state index contributed by atoms with van der Waals surface area (Å²) in [5.41, 5.74) is 0. The first-order valence-corrected chi connectivity index (χ1v) is 7.72. The van der Waals surface area contributed by atoms with Crippen LogP contribution in [0.3, 0.4) is 0 Å². The summed E-state index contributed by atoms with van der Waals surface area (Å²) in [4.78, 5) is 11.9. The summed E-state index contributed by atoms with van der Waals surface area (Å²) in [7, 11) is -2.42. The zero-order valence-corrected chi connectivity index (χ0v) is 11.8. The Bertz CT molecular complexity index is 528. The summed E-state index contributed by atoms with van der Waals surface area (Å²) < 4.78 is 27.3. The Hall–Kier alpha value is -1.05. The SMILES string of the molecule is COC(=O)C(C)CSc1ccccc1S(N)(=O)=O. The van der Waals surface area contributed by atoms with Crippen molar-refractivity contribution in [2.24, 2.45) is 11.1 Å². The summed E-state index contributed by atoms with van der Waals surface area (Å²) >= 11 is 1.27. The molecule has 0 fully saturated rings. The van der Waals surface area contributed by atoms with E-state index in [1.807, 2.05) is 0 Å². The molecule has 1 rings (SSSR count). The Morgan fingerprint density at radius 1 is 1.44 bits per heavy atom. The number of hydrogen-bond acceptors (Lipinski definition) is 5. The minimum absolute atomic E-state index is 0.0760. The van der Waals surface area contributed by atoms with E-state index in [9.17, 15) is 13.2 Å². The maximum atomic E-state index is 11.4. The smallest absolute Gasteiger partial charge is 0.309 e. The van der Waals surface area contributed by atoms with Gasteiger partial charge in [0, 0.05) is 10.6 Å². The molecule has 0 aromatic heterocycles. The second-order valence-electron chi connectivity index (χ2n) is 3.73. The van der Waals surface area contributed by atoms with Crippen molar-refractivity contribution >= 4 is 27.8 Å². The molecule has 1 atom stereocenters. The zero-order chi connectivity index (χ0) is 13.8. The lowest BCUT2D eigenvalue weighted by Gasteiger charge is -2.10. The second-order valence-corrected chi connectivity index (χ2v) is 6.32. The van der Waals surface area contributed by atoms with Gasteiger partial charge in [-0.15, -0.1) is 11.8 Å². The number of nitrogens with two attached hydrogens (primary N) is 1. The molecule has 0 aliphatic rings. The van der Waals surface area contributed by atoms with Crippen LogP contribution in [0, 0.1) is 5.92 Å². The largest absolute Gasteiger partial charge is 0.469 e. The number of carbonyl (C=O) groups is 1. The molecule has 1 aromatic carbocycles. The van der Waals surface area contributed by atoms with Crippen molar-refractivity contribution < 1.29 is 17.9 Å². The van der Waals surface area contributed by atoms with E-state index in [1.165, 1.54) is 24.9 Å². The molecule has 18 heavy (non-hydrogen) atoms. The van der Waals surface area contributed by atoms with Crippen molar-refractivity contribution in [2.75, 3.05) is 12.9 Å². The Morgan fingerprint density at radius 2 is 2.06 bits per heavy atom. The lowest BCUT2D eigenvalue weighted by Crippen LogP contribution is -2.16. The van der Waals surface area contributed by atoms with E-state index in [0.29, 0.717) is 10.6 Å². The van der Waals surface area contributed by atoms with E-state index in [1.54, 1.807) is 25.1 Å². The highest BCUT2D eigenvalue weighted by Gasteiger charge is 2.17. The standard InChI is InChI=1S/C11H15NO4S2/c1-8(11(13)16-2)7-17-9-5-3-4-6-10(9)18(12,14)15/h3-6,8H,7H2,1-2H3,(H2,12,14,15). The molecule has 7 heteroatoms. The van der Waals surface area contributed by atoms with Gasteiger partial charge in [-0.1, -0.05) is 19.1 Å². The number of thioether (sulfide) groups is 1. The van der Waals surface area contributed by atoms with Crippen LogP contribution in [0.25, 0.3) is 0 Å². The zero-order valence-electron chi connectivity index (χ0n) is 10.1. The fourth-order valence-electron chi connectivity index (χ4n) is 1.29. The minimum Gasteiger partial charge on any atom is -0.469 e. The third-order valence-electron chi connectivity index (χ3n) is 2.25. The topological polar surface area (TPSA) is 86.5 Å². The number of sulfonamides is 1. The molecule has 1 unspecified atom stereocenters. The van der Waals surface area contributed by atoms with Crippen LogP contribution in [0.15, 0.2) is 34.1 Å². The lowest BCUT2D eigenvalue weighted by atomic mass is 10.2. The van der Waals surface area contributed by atoms with E-state index in [-0.39, 0.29) is 16.8 Å². The monoisotopic (exact) mass is 289 g/mol. The van der Waals surface area contributed by atoms with E-state index in [2.05, 4.69) is 4.74 Å². The minimum atomic E-state index is -3.74. The first kappa shape index (κ1) is 15.0. The molecule has 0 spiro atoms. The molecule has 0 aliphatic heterocycles. The summed E-state index contributed by atoms with van der Waals surface area (Å²) in [5.74, 6) is -0.205. The van der Waals surface area contributed by atoms with Crippen molar-refractivity contribution in [3.8, 4) is 0 Å². The van der Waals surface area contributed by atoms with Gasteiger partial charge in [0.05, 0.1) is 17.9 Å². The number of esters is 1. The van der Waals surface area contributed by atoms with Crippen LogP contribution in [0.2, 0.25) is 0 Å². The van der Waals surface area contributed by atoms with Crippen LogP contribution in [0.5, 0.6) is 0 Å². The lowest BCUT2D eigenvalue weighted by molar-refractivity contribution is -0.143. The van der Waals surface area contributed by atoms with Gasteiger partial charge in [0.25, 0.3) is 0 Å². The van der Waals surface area contributed by atoms with Gasteiger partial charge in [-0.2, -0.15) is 0 Å². The van der Waals surface area contributed by atoms with Crippen molar-refractivity contribution in [1.82, 2.24) is 0 Å². The number of primary sulfonamides is 1. The average molecular weight is 289 g/mol. The second kappa shape index (κ2) is 6.21. The Morgan fingerprint density at radius 3 is 2.61 bits per heavy atom. The van der Waals surface area contributed by atoms with Gasteiger partial charge in [0.15, 0.2) is 0 Å². The number of rotatable bonds is 5. The van der Waals surface area contributed by atoms with Crippen LogP contribution >= 0.6 is 11.8 Å².